The Kier molecular flexibility index (Phi) is 3.61. The summed E-state index contributed by atoms with van der Waals surface area (Å²) >= 11 is 5.08. The van der Waals surface area contributed by atoms with Gasteiger partial charge in [-0.15, -0.1) is 0 Å². The van der Waals surface area contributed by atoms with Crippen molar-refractivity contribution in [2.45, 2.75) is 32.6 Å². The van der Waals surface area contributed by atoms with Crippen molar-refractivity contribution in [1.29, 1.82) is 0 Å². The molecule has 3 N–H and O–H groups in total. The fourth-order valence-corrected chi connectivity index (χ4v) is 2.71. The van der Waals surface area contributed by atoms with E-state index >= 15 is 0 Å². The molecule has 1 saturated carbocycles. The summed E-state index contributed by atoms with van der Waals surface area (Å²) in [5.74, 6) is 0.438. The number of hydrogen-bond donors (Lipinski definition) is 2. The van der Waals surface area contributed by atoms with Crippen LogP contribution in [0.4, 0.5) is 5.82 Å². The summed E-state index contributed by atoms with van der Waals surface area (Å²) in [7, 11) is 0. The predicted octanol–water partition coefficient (Wildman–Crippen LogP) is 2.18. The van der Waals surface area contributed by atoms with Gasteiger partial charge in [0.2, 0.25) is 5.91 Å². The van der Waals surface area contributed by atoms with E-state index in [0.29, 0.717) is 10.8 Å². The smallest absolute Gasteiger partial charge is 0.238 e. The quantitative estimate of drug-likeness (QED) is 0.820. The highest BCUT2D eigenvalue weighted by Crippen LogP contribution is 2.39. The molecule has 1 amide bonds. The van der Waals surface area contributed by atoms with Crippen LogP contribution in [0, 0.1) is 12.3 Å². The average Bonchev–Trinajstić information content (AvgIpc) is 2.79. The second-order valence-electron chi connectivity index (χ2n) is 4.77. The molecular weight excluding hydrogens is 246 g/mol. The molecule has 96 valence electrons. The number of carbonyl (C=O) groups excluding carboxylic acids is 1. The summed E-state index contributed by atoms with van der Waals surface area (Å²) in [5.41, 5.74) is 5.95. The van der Waals surface area contributed by atoms with E-state index in [2.05, 4.69) is 10.3 Å². The topological polar surface area (TPSA) is 68.0 Å². The van der Waals surface area contributed by atoms with Crippen LogP contribution in [0.2, 0.25) is 0 Å². The Balaban J connectivity index is 2.18. The number of anilines is 1. The van der Waals surface area contributed by atoms with Crippen molar-refractivity contribution >= 4 is 28.9 Å². The molecule has 0 aromatic carbocycles. The molecule has 1 aliphatic carbocycles. The lowest BCUT2D eigenvalue weighted by atomic mass is 9.85. The maximum Gasteiger partial charge on any atom is 0.238 e. The molecule has 18 heavy (non-hydrogen) atoms. The van der Waals surface area contributed by atoms with Gasteiger partial charge >= 0.3 is 0 Å². The van der Waals surface area contributed by atoms with Crippen LogP contribution in [0.15, 0.2) is 18.2 Å². The fourth-order valence-electron chi connectivity index (χ4n) is 2.41. The lowest BCUT2D eigenvalue weighted by molar-refractivity contribution is -0.122. The Labute approximate surface area is 112 Å². The lowest BCUT2D eigenvalue weighted by Crippen LogP contribution is -2.44. The molecule has 1 heterocycles. The van der Waals surface area contributed by atoms with Crippen LogP contribution in [0.3, 0.4) is 0 Å². The maximum atomic E-state index is 12.4. The monoisotopic (exact) mass is 263 g/mol. The Morgan fingerprint density at radius 1 is 1.44 bits per heavy atom. The number of amides is 1. The second kappa shape index (κ2) is 5.02. The Bertz CT molecular complexity index is 481. The van der Waals surface area contributed by atoms with Crippen LogP contribution in [0.1, 0.15) is 31.4 Å². The summed E-state index contributed by atoms with van der Waals surface area (Å²) in [4.78, 5) is 16.9. The number of nitrogens with zero attached hydrogens (tertiary/aromatic N) is 1. The third-order valence-electron chi connectivity index (χ3n) is 3.49. The summed E-state index contributed by atoms with van der Waals surface area (Å²) in [6.45, 7) is 1.88. The van der Waals surface area contributed by atoms with Crippen LogP contribution in [-0.2, 0) is 4.79 Å². The van der Waals surface area contributed by atoms with E-state index in [1.54, 1.807) is 6.07 Å². The molecule has 2 rings (SSSR count). The number of thiocarbonyl (C=S) groups is 1. The van der Waals surface area contributed by atoms with Gasteiger partial charge in [0.05, 0.1) is 10.4 Å². The van der Waals surface area contributed by atoms with Gasteiger partial charge < -0.3 is 11.1 Å². The Morgan fingerprint density at radius 2 is 2.11 bits per heavy atom. The summed E-state index contributed by atoms with van der Waals surface area (Å²) in [6.07, 6.45) is 3.46. The molecule has 1 aliphatic rings. The summed E-state index contributed by atoms with van der Waals surface area (Å²) in [5, 5.41) is 2.83. The van der Waals surface area contributed by atoms with Crippen LogP contribution in [0.25, 0.3) is 0 Å². The minimum absolute atomic E-state index is 0.120. The number of aromatic nitrogens is 1. The number of nitrogens with two attached hydrogens (primary N) is 1. The predicted molar refractivity (Wildman–Crippen MR) is 75.3 cm³/mol. The highest BCUT2D eigenvalue weighted by Gasteiger charge is 2.44. The van der Waals surface area contributed by atoms with Crippen LogP contribution < -0.4 is 11.1 Å². The van der Waals surface area contributed by atoms with Gasteiger partial charge in [-0.05, 0) is 31.9 Å². The van der Waals surface area contributed by atoms with E-state index in [0.717, 1.165) is 31.4 Å². The normalized spacial score (nSPS) is 17.4. The molecule has 0 saturated heterocycles. The second-order valence-corrected chi connectivity index (χ2v) is 5.21. The van der Waals surface area contributed by atoms with E-state index in [9.17, 15) is 4.79 Å². The van der Waals surface area contributed by atoms with E-state index in [4.69, 9.17) is 18.0 Å². The largest absolute Gasteiger partial charge is 0.392 e. The first-order chi connectivity index (χ1) is 8.54. The van der Waals surface area contributed by atoms with Gasteiger partial charge in [-0.3, -0.25) is 4.79 Å². The van der Waals surface area contributed by atoms with Crippen molar-refractivity contribution in [3.63, 3.8) is 0 Å². The molecule has 0 radical (unpaired) electrons. The number of hydrogen-bond acceptors (Lipinski definition) is 3. The fraction of sp³-hybridized carbons (Fsp3) is 0.462. The molecule has 0 bridgehead atoms. The van der Waals surface area contributed by atoms with E-state index in [-0.39, 0.29) is 5.91 Å². The summed E-state index contributed by atoms with van der Waals surface area (Å²) < 4.78 is 0. The van der Waals surface area contributed by atoms with Gasteiger partial charge in [-0.2, -0.15) is 0 Å². The van der Waals surface area contributed by atoms with E-state index in [1.807, 2.05) is 19.1 Å². The number of aryl methyl sites for hydroxylation is 1. The molecule has 5 heteroatoms. The van der Waals surface area contributed by atoms with Crippen molar-refractivity contribution in [2.75, 3.05) is 5.32 Å². The zero-order valence-corrected chi connectivity index (χ0v) is 11.2. The summed E-state index contributed by atoms with van der Waals surface area (Å²) in [6, 6.07) is 5.52. The van der Waals surface area contributed by atoms with Gasteiger partial charge in [-0.1, -0.05) is 31.1 Å². The molecular formula is C13H17N3OS. The van der Waals surface area contributed by atoms with Gasteiger partial charge in [0.15, 0.2) is 0 Å². The van der Waals surface area contributed by atoms with Gasteiger partial charge in [0.25, 0.3) is 0 Å². The first-order valence-electron chi connectivity index (χ1n) is 6.10. The minimum atomic E-state index is -0.680. The first-order valence-corrected chi connectivity index (χ1v) is 6.50. The molecule has 0 unspecified atom stereocenters. The molecule has 0 spiro atoms. The van der Waals surface area contributed by atoms with Crippen molar-refractivity contribution in [3.8, 4) is 0 Å². The van der Waals surface area contributed by atoms with Crippen LogP contribution in [0.5, 0.6) is 0 Å². The SMILES string of the molecule is Cc1cccc(NC(=O)C2(C(N)=S)CCCC2)n1. The van der Waals surface area contributed by atoms with Gasteiger partial charge in [0.1, 0.15) is 5.82 Å². The third-order valence-corrected chi connectivity index (χ3v) is 3.88. The number of pyridine rings is 1. The van der Waals surface area contributed by atoms with Crippen molar-refractivity contribution < 1.29 is 4.79 Å². The van der Waals surface area contributed by atoms with Gasteiger partial charge in [-0.25, -0.2) is 4.98 Å². The zero-order chi connectivity index (χ0) is 13.2. The standard InChI is InChI=1S/C13H17N3OS/c1-9-5-4-6-10(15-9)16-12(17)13(11(14)18)7-2-3-8-13/h4-6H,2-3,7-8H2,1H3,(H2,14,18)(H,15,16,17). The minimum Gasteiger partial charge on any atom is -0.392 e. The van der Waals surface area contributed by atoms with Crippen LogP contribution in [-0.4, -0.2) is 15.9 Å². The van der Waals surface area contributed by atoms with E-state index in [1.165, 1.54) is 0 Å². The van der Waals surface area contributed by atoms with Gasteiger partial charge in [0, 0.05) is 5.69 Å². The number of carbonyl (C=O) groups is 1. The molecule has 1 aromatic rings. The molecule has 4 nitrogen and oxygen atoms in total. The molecule has 0 atom stereocenters. The van der Waals surface area contributed by atoms with E-state index < -0.39 is 5.41 Å². The van der Waals surface area contributed by atoms with Crippen molar-refractivity contribution in [1.82, 2.24) is 4.98 Å². The first kappa shape index (κ1) is 13.0. The lowest BCUT2D eigenvalue weighted by Gasteiger charge is -2.25. The number of nitrogens with one attached hydrogen (secondary N) is 1. The van der Waals surface area contributed by atoms with Crippen molar-refractivity contribution in [3.05, 3.63) is 23.9 Å². The number of rotatable bonds is 3. The highest BCUT2D eigenvalue weighted by atomic mass is 32.1. The third kappa shape index (κ3) is 2.36. The zero-order valence-electron chi connectivity index (χ0n) is 10.4. The average molecular weight is 263 g/mol. The molecule has 1 aromatic heterocycles. The Morgan fingerprint density at radius 3 is 2.67 bits per heavy atom. The maximum absolute atomic E-state index is 12.4. The highest BCUT2D eigenvalue weighted by molar-refractivity contribution is 7.80. The molecule has 1 fully saturated rings. The van der Waals surface area contributed by atoms with Crippen LogP contribution >= 0.6 is 12.2 Å². The van der Waals surface area contributed by atoms with Crippen molar-refractivity contribution in [2.24, 2.45) is 11.1 Å². The molecule has 0 aliphatic heterocycles. The Hall–Kier alpha value is -1.49.